The summed E-state index contributed by atoms with van der Waals surface area (Å²) in [4.78, 5) is 0. The summed E-state index contributed by atoms with van der Waals surface area (Å²) < 4.78 is 1.44. The van der Waals surface area contributed by atoms with Crippen molar-refractivity contribution in [2.24, 2.45) is 0 Å². The van der Waals surface area contributed by atoms with Crippen LogP contribution in [0, 0.1) is 5.41 Å². The van der Waals surface area contributed by atoms with Gasteiger partial charge in [-0.1, -0.05) is 0 Å². The molecule has 0 saturated heterocycles. The Hall–Kier alpha value is 0.735. The zero-order valence-electron chi connectivity index (χ0n) is 3.82. The molecule has 0 heterocycles. The molecular formula is C3H6HgNS. The van der Waals surface area contributed by atoms with E-state index in [1.165, 1.54) is 3.93 Å². The van der Waals surface area contributed by atoms with Crippen LogP contribution in [0.5, 0.6) is 0 Å². The van der Waals surface area contributed by atoms with Crippen LogP contribution in [0.2, 0.25) is 3.93 Å². The van der Waals surface area contributed by atoms with E-state index in [9.17, 15) is 0 Å². The summed E-state index contributed by atoms with van der Waals surface area (Å²) in [7, 11) is 0. The van der Waals surface area contributed by atoms with Gasteiger partial charge in [-0.15, -0.1) is 0 Å². The second-order valence-electron chi connectivity index (χ2n) is 0.602. The summed E-state index contributed by atoms with van der Waals surface area (Å²) >= 11 is 4.88. The van der Waals surface area contributed by atoms with Gasteiger partial charge < -0.3 is 0 Å². The maximum absolute atomic E-state index is 5.77. The topological polar surface area (TPSA) is 23.9 Å². The predicted molar refractivity (Wildman–Crippen MR) is 25.8 cm³/mol. The molecule has 0 amide bonds. The third kappa shape index (κ3) is 122. The number of hydrogen-bond acceptors (Lipinski definition) is 2. The molecular weight excluding hydrogens is 283 g/mol. The van der Waals surface area contributed by atoms with Gasteiger partial charge in [0.15, 0.2) is 0 Å². The molecule has 0 aromatic rings. The molecule has 0 aliphatic heterocycles. The number of nitrogens with one attached hydrogen (secondary N) is 1. The molecule has 1 N–H and O–H groups in total. The van der Waals surface area contributed by atoms with Gasteiger partial charge in [-0.25, -0.2) is 5.41 Å². The molecule has 3 heteroatoms. The van der Waals surface area contributed by atoms with Gasteiger partial charge in [0.2, 0.25) is 0 Å². The molecule has 0 unspecified atom stereocenters. The second-order valence-corrected chi connectivity index (χ2v) is 4.69. The van der Waals surface area contributed by atoms with Crippen LogP contribution in [0.4, 0.5) is 0 Å². The van der Waals surface area contributed by atoms with Gasteiger partial charge >= 0.3 is 37.0 Å². The molecule has 0 radical (unpaired) electrons. The first kappa shape index (κ1) is 9.88. The molecule has 0 saturated carbocycles. The summed E-state index contributed by atoms with van der Waals surface area (Å²) in [5.41, 5.74) is 0. The van der Waals surface area contributed by atoms with E-state index in [2.05, 4.69) is 19.1 Å². The third-order valence-corrected chi connectivity index (χ3v) is 0. The molecule has 6 heavy (non-hydrogen) atoms. The fourth-order valence-corrected chi connectivity index (χ4v) is 0. The van der Waals surface area contributed by atoms with Crippen molar-refractivity contribution >= 4 is 17.4 Å². The van der Waals surface area contributed by atoms with E-state index in [0.29, 0.717) is 0 Å². The van der Waals surface area contributed by atoms with Crippen LogP contribution in [-0.2, 0) is 26.1 Å². The standard InChI is InChI=1S/C2H5.CHNS.Hg/c1-2;2-1-3;/h1H2,2H3;2H;. The summed E-state index contributed by atoms with van der Waals surface area (Å²) in [5, 5.41) is 7.36. The Balaban J connectivity index is 0. The monoisotopic (exact) mass is 290 g/mol. The van der Waals surface area contributed by atoms with Gasteiger partial charge in [0.25, 0.3) is 0 Å². The smallest absolute Gasteiger partial charge is 0.0554 e. The Kier molecular flexibility index (Phi) is 28.3. The zero-order valence-corrected chi connectivity index (χ0v) is 10.1. The van der Waals surface area contributed by atoms with Crippen LogP contribution >= 0.6 is 12.2 Å². The first-order valence-corrected chi connectivity index (χ1v) is 5.96. The molecule has 1 nitrogen and oxygen atoms in total. The Labute approximate surface area is 59.6 Å². The Morgan fingerprint density at radius 2 is 2.00 bits per heavy atom. The molecule has 0 fully saturated rings. The predicted octanol–water partition coefficient (Wildman–Crippen LogP) is 1.64. The van der Waals surface area contributed by atoms with Crippen LogP contribution in [0.15, 0.2) is 0 Å². The molecule has 0 aliphatic rings. The van der Waals surface area contributed by atoms with Crippen LogP contribution in [0.3, 0.4) is 0 Å². The Bertz CT molecular complexity index is 40.1. The maximum Gasteiger partial charge on any atom is 0.0554 e. The molecule has 0 aromatic heterocycles. The largest absolute Gasteiger partial charge is 0.248 e. The number of rotatable bonds is 0. The summed E-state index contributed by atoms with van der Waals surface area (Å²) in [6, 6.07) is 0. The SMILES string of the molecule is C[CH2][Hg].N=C=S. The van der Waals surface area contributed by atoms with E-state index in [1.807, 2.05) is 0 Å². The van der Waals surface area contributed by atoms with E-state index in [0.717, 1.165) is 26.1 Å². The molecule has 0 spiro atoms. The van der Waals surface area contributed by atoms with Crippen molar-refractivity contribution < 1.29 is 26.1 Å². The normalized spacial score (nSPS) is 4.50. The first-order valence-electron chi connectivity index (χ1n) is 1.66. The minimum Gasteiger partial charge on any atom is -0.248 e. The maximum atomic E-state index is 5.77. The second kappa shape index (κ2) is 17.2. The quantitative estimate of drug-likeness (QED) is 0.409. The average molecular weight is 289 g/mol. The summed E-state index contributed by atoms with van der Waals surface area (Å²) in [6.07, 6.45) is 0. The van der Waals surface area contributed by atoms with E-state index >= 15 is 0 Å². The van der Waals surface area contributed by atoms with Crippen molar-refractivity contribution in [3.63, 3.8) is 0 Å². The Morgan fingerprint density at radius 3 is 2.00 bits per heavy atom. The minimum atomic E-state index is 1.07. The van der Waals surface area contributed by atoms with Crippen molar-refractivity contribution in [2.45, 2.75) is 10.9 Å². The minimum absolute atomic E-state index is 1.07. The number of thiocarbonyl (C=S) groups is 1. The fraction of sp³-hybridized carbons (Fsp3) is 0.667. The van der Waals surface area contributed by atoms with Gasteiger partial charge in [-0.05, 0) is 12.2 Å². The van der Waals surface area contributed by atoms with Gasteiger partial charge in [-0.3, -0.25) is 0 Å². The van der Waals surface area contributed by atoms with E-state index in [1.54, 1.807) is 5.16 Å². The van der Waals surface area contributed by atoms with E-state index in [-0.39, 0.29) is 0 Å². The first-order chi connectivity index (χ1) is 2.83. The average Bonchev–Trinajstić information content (AvgIpc) is 1.39. The molecule has 0 aromatic carbocycles. The van der Waals surface area contributed by atoms with Crippen LogP contribution < -0.4 is 0 Å². The van der Waals surface area contributed by atoms with Gasteiger partial charge in [0, 0.05) is 0 Å². The van der Waals surface area contributed by atoms with Gasteiger partial charge in [-0.2, -0.15) is 0 Å². The third-order valence-electron chi connectivity index (χ3n) is 0. The summed E-state index contributed by atoms with van der Waals surface area (Å²) in [5.74, 6) is 0. The number of hydrogen-bond donors (Lipinski definition) is 1. The fourth-order valence-electron chi connectivity index (χ4n) is 0. The molecule has 0 atom stereocenters. The van der Waals surface area contributed by atoms with Crippen LogP contribution in [-0.4, -0.2) is 5.16 Å². The molecule has 31 valence electrons. The molecule has 0 aliphatic carbocycles. The van der Waals surface area contributed by atoms with Crippen molar-refractivity contribution in [1.82, 2.24) is 0 Å². The van der Waals surface area contributed by atoms with Crippen molar-refractivity contribution in [3.05, 3.63) is 0 Å². The van der Waals surface area contributed by atoms with E-state index < -0.39 is 0 Å². The zero-order chi connectivity index (χ0) is 5.41. The molecule has 0 bridgehead atoms. The summed E-state index contributed by atoms with van der Waals surface area (Å²) in [6.45, 7) is 2.21. The Morgan fingerprint density at radius 1 is 2.00 bits per heavy atom. The van der Waals surface area contributed by atoms with Crippen LogP contribution in [0.25, 0.3) is 0 Å². The van der Waals surface area contributed by atoms with Gasteiger partial charge in [0.05, 0.1) is 5.16 Å². The van der Waals surface area contributed by atoms with Crippen LogP contribution in [0.1, 0.15) is 6.92 Å². The number of isothiocyanates is 1. The van der Waals surface area contributed by atoms with Crippen molar-refractivity contribution in [1.29, 1.82) is 5.41 Å². The molecule has 0 rings (SSSR count). The van der Waals surface area contributed by atoms with E-state index in [4.69, 9.17) is 5.41 Å². The van der Waals surface area contributed by atoms with Crippen molar-refractivity contribution in [3.8, 4) is 0 Å². The van der Waals surface area contributed by atoms with Crippen molar-refractivity contribution in [2.75, 3.05) is 0 Å². The van der Waals surface area contributed by atoms with Gasteiger partial charge in [0.1, 0.15) is 0 Å².